The minimum Gasteiger partial charge on any atom is -0.325 e. The first kappa shape index (κ1) is 10.4. The number of hydrogen-bond donors (Lipinski definition) is 2. The Morgan fingerprint density at radius 3 is 3.00 bits per heavy atom. The second-order valence-corrected chi connectivity index (χ2v) is 4.44. The molecule has 2 rings (SSSR count). The van der Waals surface area contributed by atoms with Crippen molar-refractivity contribution in [3.63, 3.8) is 0 Å². The quantitative estimate of drug-likeness (QED) is 0.763. The molecule has 0 spiro atoms. The summed E-state index contributed by atoms with van der Waals surface area (Å²) in [5.41, 5.74) is 6.10. The van der Waals surface area contributed by atoms with E-state index >= 15 is 0 Å². The lowest BCUT2D eigenvalue weighted by molar-refractivity contribution is 0.582. The lowest BCUT2D eigenvalue weighted by atomic mass is 10.1. The van der Waals surface area contributed by atoms with Gasteiger partial charge in [0.2, 0.25) is 0 Å². The molecule has 0 radical (unpaired) electrons. The molecule has 1 aromatic rings. The maximum absolute atomic E-state index is 11.4. The molecule has 1 saturated carbocycles. The molecule has 0 bridgehead atoms. The number of rotatable bonds is 2. The summed E-state index contributed by atoms with van der Waals surface area (Å²) < 4.78 is 0. The first-order chi connectivity index (χ1) is 7.19. The van der Waals surface area contributed by atoms with E-state index in [4.69, 9.17) is 5.73 Å². The average molecular weight is 207 g/mol. The molecular formula is C11H17N3O. The molecule has 1 aliphatic carbocycles. The molecule has 1 aromatic heterocycles. The standard InChI is InChI=1S/C11H17N3O/c1-7-2-3-8(4-7)11-13-9(6-12)5-10(15)14-11/h5,7-8H,2-4,6,12H2,1H3,(H,13,14,15). The molecule has 0 aromatic carbocycles. The molecule has 1 heterocycles. The van der Waals surface area contributed by atoms with Crippen LogP contribution in [-0.4, -0.2) is 9.97 Å². The van der Waals surface area contributed by atoms with Crippen molar-refractivity contribution in [2.24, 2.45) is 11.7 Å². The van der Waals surface area contributed by atoms with Crippen LogP contribution in [0, 0.1) is 5.92 Å². The molecule has 0 aliphatic heterocycles. The summed E-state index contributed by atoms with van der Waals surface area (Å²) in [6.07, 6.45) is 3.47. The smallest absolute Gasteiger partial charge is 0.251 e. The molecule has 15 heavy (non-hydrogen) atoms. The van der Waals surface area contributed by atoms with Crippen LogP contribution in [-0.2, 0) is 6.54 Å². The van der Waals surface area contributed by atoms with Gasteiger partial charge in [-0.25, -0.2) is 4.98 Å². The predicted octanol–water partition coefficient (Wildman–Crippen LogP) is 1.13. The molecule has 0 amide bonds. The van der Waals surface area contributed by atoms with Crippen LogP contribution >= 0.6 is 0 Å². The van der Waals surface area contributed by atoms with E-state index in [2.05, 4.69) is 16.9 Å². The molecule has 3 N–H and O–H groups in total. The Balaban J connectivity index is 2.28. The van der Waals surface area contributed by atoms with Crippen LogP contribution < -0.4 is 11.3 Å². The van der Waals surface area contributed by atoms with Crippen molar-refractivity contribution >= 4 is 0 Å². The zero-order valence-corrected chi connectivity index (χ0v) is 8.99. The molecule has 4 heteroatoms. The molecule has 1 fully saturated rings. The fourth-order valence-electron chi connectivity index (χ4n) is 2.28. The zero-order valence-electron chi connectivity index (χ0n) is 8.99. The summed E-state index contributed by atoms with van der Waals surface area (Å²) in [6.45, 7) is 2.57. The predicted molar refractivity (Wildman–Crippen MR) is 58.5 cm³/mol. The highest BCUT2D eigenvalue weighted by molar-refractivity contribution is 5.07. The highest BCUT2D eigenvalue weighted by Gasteiger charge is 2.24. The molecule has 82 valence electrons. The number of hydrogen-bond acceptors (Lipinski definition) is 3. The summed E-state index contributed by atoms with van der Waals surface area (Å²) in [4.78, 5) is 18.6. The summed E-state index contributed by atoms with van der Waals surface area (Å²) >= 11 is 0. The lowest BCUT2D eigenvalue weighted by Gasteiger charge is -2.09. The van der Waals surface area contributed by atoms with E-state index in [1.165, 1.54) is 12.5 Å². The maximum Gasteiger partial charge on any atom is 0.251 e. The van der Waals surface area contributed by atoms with Gasteiger partial charge in [-0.2, -0.15) is 0 Å². The van der Waals surface area contributed by atoms with Gasteiger partial charge in [0, 0.05) is 18.5 Å². The Hall–Kier alpha value is -1.16. The number of nitrogens with two attached hydrogens (primary N) is 1. The van der Waals surface area contributed by atoms with Crippen LogP contribution in [0.5, 0.6) is 0 Å². The molecule has 0 saturated heterocycles. The van der Waals surface area contributed by atoms with E-state index in [-0.39, 0.29) is 5.56 Å². The maximum atomic E-state index is 11.4. The van der Waals surface area contributed by atoms with E-state index in [1.54, 1.807) is 0 Å². The van der Waals surface area contributed by atoms with Crippen molar-refractivity contribution in [1.29, 1.82) is 0 Å². The van der Waals surface area contributed by atoms with Crippen molar-refractivity contribution in [3.05, 3.63) is 27.9 Å². The van der Waals surface area contributed by atoms with E-state index in [9.17, 15) is 4.79 Å². The number of nitrogens with one attached hydrogen (secondary N) is 1. The zero-order chi connectivity index (χ0) is 10.8. The highest BCUT2D eigenvalue weighted by atomic mass is 16.1. The lowest BCUT2D eigenvalue weighted by Crippen LogP contribution is -2.16. The van der Waals surface area contributed by atoms with Gasteiger partial charge in [-0.05, 0) is 25.2 Å². The van der Waals surface area contributed by atoms with Crippen LogP contribution in [0.15, 0.2) is 10.9 Å². The van der Waals surface area contributed by atoms with Crippen molar-refractivity contribution in [2.45, 2.75) is 38.6 Å². The van der Waals surface area contributed by atoms with Crippen LogP contribution in [0.1, 0.15) is 43.6 Å². The fraction of sp³-hybridized carbons (Fsp3) is 0.636. The minimum absolute atomic E-state index is 0.0833. The summed E-state index contributed by atoms with van der Waals surface area (Å²) in [6, 6.07) is 1.47. The topological polar surface area (TPSA) is 71.8 Å². The van der Waals surface area contributed by atoms with Crippen LogP contribution in [0.4, 0.5) is 0 Å². The number of nitrogens with zero attached hydrogens (tertiary/aromatic N) is 1. The summed E-state index contributed by atoms with van der Waals surface area (Å²) in [5.74, 6) is 1.98. The Bertz CT molecular complexity index is 399. The van der Waals surface area contributed by atoms with Gasteiger partial charge in [0.15, 0.2) is 0 Å². The van der Waals surface area contributed by atoms with Crippen LogP contribution in [0.2, 0.25) is 0 Å². The molecule has 4 nitrogen and oxygen atoms in total. The van der Waals surface area contributed by atoms with Gasteiger partial charge in [-0.1, -0.05) is 6.92 Å². The van der Waals surface area contributed by atoms with Crippen molar-refractivity contribution in [1.82, 2.24) is 9.97 Å². The Morgan fingerprint density at radius 1 is 1.60 bits per heavy atom. The Labute approximate surface area is 88.9 Å². The van der Waals surface area contributed by atoms with E-state index in [1.807, 2.05) is 0 Å². The van der Waals surface area contributed by atoms with Gasteiger partial charge in [0.1, 0.15) is 5.82 Å². The first-order valence-electron chi connectivity index (χ1n) is 5.49. The molecule has 1 aliphatic rings. The fourth-order valence-corrected chi connectivity index (χ4v) is 2.28. The minimum atomic E-state index is -0.0833. The molecule has 2 unspecified atom stereocenters. The molecule has 2 atom stereocenters. The van der Waals surface area contributed by atoms with Gasteiger partial charge in [-0.15, -0.1) is 0 Å². The second kappa shape index (κ2) is 4.14. The largest absolute Gasteiger partial charge is 0.325 e. The third kappa shape index (κ3) is 2.26. The van der Waals surface area contributed by atoms with Gasteiger partial charge in [0.25, 0.3) is 5.56 Å². The van der Waals surface area contributed by atoms with Gasteiger partial charge in [-0.3, -0.25) is 4.79 Å². The van der Waals surface area contributed by atoms with Crippen molar-refractivity contribution < 1.29 is 0 Å². The average Bonchev–Trinajstić information content (AvgIpc) is 2.64. The normalized spacial score (nSPS) is 25.7. The monoisotopic (exact) mass is 207 g/mol. The molecular weight excluding hydrogens is 190 g/mol. The van der Waals surface area contributed by atoms with Crippen molar-refractivity contribution in [2.75, 3.05) is 0 Å². The van der Waals surface area contributed by atoms with Gasteiger partial charge >= 0.3 is 0 Å². The number of aromatic amines is 1. The van der Waals surface area contributed by atoms with Gasteiger partial charge in [0.05, 0.1) is 5.69 Å². The second-order valence-electron chi connectivity index (χ2n) is 4.44. The Kier molecular flexibility index (Phi) is 2.86. The number of H-pyrrole nitrogens is 1. The number of aromatic nitrogens is 2. The van der Waals surface area contributed by atoms with Crippen LogP contribution in [0.3, 0.4) is 0 Å². The summed E-state index contributed by atoms with van der Waals surface area (Å²) in [5, 5.41) is 0. The first-order valence-corrected chi connectivity index (χ1v) is 5.49. The van der Waals surface area contributed by atoms with E-state index < -0.39 is 0 Å². The SMILES string of the molecule is CC1CCC(c2nc(CN)cc(=O)[nH]2)C1. The third-order valence-electron chi connectivity index (χ3n) is 3.10. The van der Waals surface area contributed by atoms with Crippen molar-refractivity contribution in [3.8, 4) is 0 Å². The summed E-state index contributed by atoms with van der Waals surface area (Å²) in [7, 11) is 0. The Morgan fingerprint density at radius 2 is 2.40 bits per heavy atom. The van der Waals surface area contributed by atoms with E-state index in [0.717, 1.165) is 24.6 Å². The third-order valence-corrected chi connectivity index (χ3v) is 3.10. The van der Waals surface area contributed by atoms with Gasteiger partial charge < -0.3 is 10.7 Å². The van der Waals surface area contributed by atoms with Crippen LogP contribution in [0.25, 0.3) is 0 Å². The van der Waals surface area contributed by atoms with E-state index in [0.29, 0.717) is 18.2 Å². The highest BCUT2D eigenvalue weighted by Crippen LogP contribution is 2.35.